The maximum absolute atomic E-state index is 14.8. The number of halogens is 1. The molecule has 4 aromatic carbocycles. The van der Waals surface area contributed by atoms with Gasteiger partial charge in [0, 0.05) is 27.0 Å². The number of nitrogens with zero attached hydrogens (tertiary/aromatic N) is 1. The average Bonchev–Trinajstić information content (AvgIpc) is 3.49. The number of fused-ring (bicyclic) bond motifs is 6. The van der Waals surface area contributed by atoms with Crippen molar-refractivity contribution in [1.29, 1.82) is 0 Å². The number of carbonyl (C=O) groups excluding carboxylic acids is 3. The number of hydrogen-bond donors (Lipinski definition) is 1. The van der Waals surface area contributed by atoms with Crippen LogP contribution in [-0.2, 0) is 10.2 Å². The lowest BCUT2D eigenvalue weighted by Crippen LogP contribution is -2.51. The van der Waals surface area contributed by atoms with Gasteiger partial charge in [-0.2, -0.15) is 0 Å². The largest absolute Gasteiger partial charge is 0.497 e. The van der Waals surface area contributed by atoms with E-state index in [1.807, 2.05) is 65.6 Å². The second-order valence-corrected chi connectivity index (χ2v) is 11.4. The molecule has 0 aromatic heterocycles. The summed E-state index contributed by atoms with van der Waals surface area (Å²) < 4.78 is 6.26. The van der Waals surface area contributed by atoms with Crippen LogP contribution in [-0.4, -0.2) is 36.7 Å². The van der Waals surface area contributed by atoms with E-state index in [0.717, 1.165) is 21.3 Å². The lowest BCUT2D eigenvalue weighted by molar-refractivity contribution is -0.121. The van der Waals surface area contributed by atoms with Crippen molar-refractivity contribution in [2.45, 2.75) is 17.5 Å². The summed E-state index contributed by atoms with van der Waals surface area (Å²) in [5, 5.41) is 3.06. The zero-order chi connectivity index (χ0) is 28.3. The highest BCUT2D eigenvalue weighted by Crippen LogP contribution is 2.58. The molecule has 3 aliphatic heterocycles. The van der Waals surface area contributed by atoms with Crippen LogP contribution < -0.4 is 15.0 Å². The first-order valence-corrected chi connectivity index (χ1v) is 14.2. The Labute approximate surface area is 245 Å². The first-order valence-electron chi connectivity index (χ1n) is 13.4. The van der Waals surface area contributed by atoms with Crippen LogP contribution in [0.1, 0.15) is 31.8 Å². The van der Waals surface area contributed by atoms with E-state index in [1.54, 1.807) is 55.6 Å². The predicted octanol–water partition coefficient (Wildman–Crippen LogP) is 6.31. The molecule has 4 aromatic rings. The zero-order valence-electron chi connectivity index (χ0n) is 22.1. The number of hydrogen-bond acceptors (Lipinski definition) is 5. The van der Waals surface area contributed by atoms with Crippen molar-refractivity contribution in [2.24, 2.45) is 5.92 Å². The van der Waals surface area contributed by atoms with Crippen molar-refractivity contribution in [3.05, 3.63) is 130 Å². The summed E-state index contributed by atoms with van der Waals surface area (Å²) in [6.45, 7) is 0. The zero-order valence-corrected chi connectivity index (χ0v) is 23.7. The standard InChI is InChI=1S/C34H25BrN2O4/c1-41-24-9-6-8-22(19-24)32(39)30-29(31(38)21-13-16-23(35)17-14-21)34(25-10-3-4-11-26(25)36-33(34)40)28-18-15-20-7-2-5-12-27(20)37(28)30/h2-19,28-30H,1H3,(H,36,40)/t28-,29-,30-,34-/m1/s1. The fourth-order valence-corrected chi connectivity index (χ4v) is 7.12. The molecular weight excluding hydrogens is 580 g/mol. The number of benzene rings is 4. The quantitative estimate of drug-likeness (QED) is 0.270. The molecule has 41 heavy (non-hydrogen) atoms. The number of carbonyl (C=O) groups is 3. The van der Waals surface area contributed by atoms with Crippen LogP contribution in [0.5, 0.6) is 5.75 Å². The number of rotatable bonds is 5. The molecule has 1 N–H and O–H groups in total. The van der Waals surface area contributed by atoms with Crippen LogP contribution in [0, 0.1) is 5.92 Å². The third-order valence-electron chi connectivity index (χ3n) is 8.58. The molecule has 7 rings (SSSR count). The number of methoxy groups -OCH3 is 1. The Morgan fingerprint density at radius 2 is 1.63 bits per heavy atom. The first-order chi connectivity index (χ1) is 19.9. The molecule has 0 unspecified atom stereocenters. The van der Waals surface area contributed by atoms with E-state index in [9.17, 15) is 14.4 Å². The number of para-hydroxylation sites is 2. The van der Waals surface area contributed by atoms with Gasteiger partial charge in [-0.05, 0) is 47.5 Å². The van der Waals surface area contributed by atoms with Gasteiger partial charge in [-0.1, -0.05) is 88.7 Å². The minimum Gasteiger partial charge on any atom is -0.497 e. The number of Topliss-reactive ketones (excluding diaryl/α,β-unsaturated/α-hetero) is 2. The highest BCUT2D eigenvalue weighted by atomic mass is 79.9. The molecule has 1 fully saturated rings. The Balaban J connectivity index is 1.53. The second kappa shape index (κ2) is 9.56. The molecule has 0 saturated carbocycles. The Bertz CT molecular complexity index is 1760. The molecule has 1 spiro atoms. The fraction of sp³-hybridized carbons (Fsp3) is 0.147. The number of ether oxygens (including phenoxy) is 1. The van der Waals surface area contributed by atoms with Gasteiger partial charge in [0.2, 0.25) is 5.91 Å². The summed E-state index contributed by atoms with van der Waals surface area (Å²) in [4.78, 5) is 45.9. The molecule has 6 nitrogen and oxygen atoms in total. The Morgan fingerprint density at radius 1 is 0.878 bits per heavy atom. The molecule has 0 radical (unpaired) electrons. The van der Waals surface area contributed by atoms with Crippen LogP contribution in [0.25, 0.3) is 6.08 Å². The van der Waals surface area contributed by atoms with E-state index in [2.05, 4.69) is 21.2 Å². The van der Waals surface area contributed by atoms with Crippen molar-refractivity contribution in [1.82, 2.24) is 0 Å². The molecule has 0 bridgehead atoms. The summed E-state index contributed by atoms with van der Waals surface area (Å²) in [5.41, 5.74) is 2.62. The first kappa shape index (κ1) is 25.5. The van der Waals surface area contributed by atoms with Gasteiger partial charge in [-0.25, -0.2) is 0 Å². The minimum atomic E-state index is -1.34. The number of anilines is 2. The van der Waals surface area contributed by atoms with Crippen molar-refractivity contribution < 1.29 is 19.1 Å². The maximum atomic E-state index is 14.8. The summed E-state index contributed by atoms with van der Waals surface area (Å²) >= 11 is 3.46. The van der Waals surface area contributed by atoms with Crippen molar-refractivity contribution in [3.8, 4) is 5.75 Å². The van der Waals surface area contributed by atoms with E-state index in [-0.39, 0.29) is 17.5 Å². The van der Waals surface area contributed by atoms with E-state index in [0.29, 0.717) is 22.6 Å². The lowest BCUT2D eigenvalue weighted by Gasteiger charge is -2.37. The molecule has 202 valence electrons. The molecule has 4 atom stereocenters. The summed E-state index contributed by atoms with van der Waals surface area (Å²) in [5.74, 6) is -1.27. The third kappa shape index (κ3) is 3.65. The molecule has 3 aliphatic rings. The van der Waals surface area contributed by atoms with Crippen molar-refractivity contribution in [2.75, 3.05) is 17.3 Å². The van der Waals surface area contributed by atoms with Gasteiger partial charge in [0.25, 0.3) is 0 Å². The van der Waals surface area contributed by atoms with Gasteiger partial charge < -0.3 is 15.0 Å². The predicted molar refractivity (Wildman–Crippen MR) is 162 cm³/mol. The van der Waals surface area contributed by atoms with Gasteiger partial charge in [0.1, 0.15) is 17.2 Å². The van der Waals surface area contributed by atoms with Gasteiger partial charge >= 0.3 is 0 Å². The highest BCUT2D eigenvalue weighted by molar-refractivity contribution is 9.10. The van der Waals surface area contributed by atoms with E-state index in [1.165, 1.54) is 0 Å². The number of ketones is 2. The SMILES string of the molecule is COc1cccc(C(=O)[C@H]2[C@H](C(=O)c3ccc(Br)cc3)[C@]3(C(=O)Nc4ccccc43)[C@H]3C=Cc4ccccc4N23)c1. The fourth-order valence-electron chi connectivity index (χ4n) is 6.86. The van der Waals surface area contributed by atoms with E-state index >= 15 is 0 Å². The molecule has 1 saturated heterocycles. The van der Waals surface area contributed by atoms with Gasteiger partial charge in [-0.15, -0.1) is 0 Å². The Morgan fingerprint density at radius 3 is 2.44 bits per heavy atom. The van der Waals surface area contributed by atoms with Crippen LogP contribution in [0.2, 0.25) is 0 Å². The Hall–Kier alpha value is -4.49. The van der Waals surface area contributed by atoms with Crippen molar-refractivity contribution >= 4 is 50.9 Å². The topological polar surface area (TPSA) is 75.7 Å². The van der Waals surface area contributed by atoms with Gasteiger partial charge in [0.15, 0.2) is 11.6 Å². The van der Waals surface area contributed by atoms with Crippen LogP contribution in [0.3, 0.4) is 0 Å². The minimum absolute atomic E-state index is 0.247. The molecule has 1 amide bonds. The Kier molecular flexibility index (Phi) is 5.94. The molecule has 7 heteroatoms. The van der Waals surface area contributed by atoms with Crippen molar-refractivity contribution in [3.63, 3.8) is 0 Å². The lowest BCUT2D eigenvalue weighted by atomic mass is 9.64. The highest BCUT2D eigenvalue weighted by Gasteiger charge is 2.70. The molecule has 3 heterocycles. The summed E-state index contributed by atoms with van der Waals surface area (Å²) in [7, 11) is 1.55. The summed E-state index contributed by atoms with van der Waals surface area (Å²) in [6, 6.07) is 27.8. The average molecular weight is 605 g/mol. The molecule has 0 aliphatic carbocycles. The molecular formula is C34H25BrN2O4. The number of nitrogens with one attached hydrogen (secondary N) is 1. The second-order valence-electron chi connectivity index (χ2n) is 10.5. The van der Waals surface area contributed by atoms with Gasteiger partial charge in [0.05, 0.1) is 19.1 Å². The number of amides is 1. The normalized spacial score (nSPS) is 23.5. The maximum Gasteiger partial charge on any atom is 0.238 e. The van der Waals surface area contributed by atoms with Gasteiger partial charge in [-0.3, -0.25) is 14.4 Å². The van der Waals surface area contributed by atoms with Crippen LogP contribution in [0.4, 0.5) is 11.4 Å². The monoisotopic (exact) mass is 604 g/mol. The van der Waals surface area contributed by atoms with E-state index < -0.39 is 23.4 Å². The van der Waals surface area contributed by atoms with Crippen LogP contribution >= 0.6 is 15.9 Å². The van der Waals surface area contributed by atoms with Crippen LogP contribution in [0.15, 0.2) is 108 Å². The summed E-state index contributed by atoms with van der Waals surface area (Å²) in [6.07, 6.45) is 3.97. The smallest absolute Gasteiger partial charge is 0.238 e. The third-order valence-corrected chi connectivity index (χ3v) is 9.10. The van der Waals surface area contributed by atoms with E-state index in [4.69, 9.17) is 4.74 Å².